The van der Waals surface area contributed by atoms with E-state index in [1.807, 2.05) is 19.9 Å². The van der Waals surface area contributed by atoms with Gasteiger partial charge in [-0.25, -0.2) is 0 Å². The molecule has 1 atom stereocenters. The highest BCUT2D eigenvalue weighted by atomic mass is 16.2. The molecule has 1 saturated heterocycles. The van der Waals surface area contributed by atoms with Crippen molar-refractivity contribution in [2.24, 2.45) is 0 Å². The molecule has 2 aromatic rings. The van der Waals surface area contributed by atoms with Crippen molar-refractivity contribution < 1.29 is 19.2 Å². The lowest BCUT2D eigenvalue weighted by Gasteiger charge is -2.14. The second kappa shape index (κ2) is 10.0. The number of imide groups is 1. The molecule has 3 rings (SSSR count). The molecule has 1 heterocycles. The normalized spacial score (nSPS) is 14.5. The van der Waals surface area contributed by atoms with Gasteiger partial charge in [-0.15, -0.1) is 0 Å². The Morgan fingerprint density at radius 3 is 2.26 bits per heavy atom. The molecule has 0 saturated carbocycles. The molecular weight excluding hydrogens is 394 g/mol. The van der Waals surface area contributed by atoms with E-state index in [9.17, 15) is 19.2 Å². The van der Waals surface area contributed by atoms with E-state index >= 15 is 0 Å². The maximum Gasteiger partial charge on any atom is 0.251 e. The molecule has 7 heteroatoms. The van der Waals surface area contributed by atoms with Crippen molar-refractivity contribution >= 4 is 23.6 Å². The van der Waals surface area contributed by atoms with Gasteiger partial charge in [-0.2, -0.15) is 0 Å². The highest BCUT2D eigenvalue weighted by Crippen LogP contribution is 2.16. The van der Waals surface area contributed by atoms with Crippen LogP contribution in [0.4, 0.5) is 0 Å². The lowest BCUT2D eigenvalue weighted by atomic mass is 10.1. The molecule has 0 spiro atoms. The Hall–Kier alpha value is -3.48. The number of benzene rings is 2. The summed E-state index contributed by atoms with van der Waals surface area (Å²) in [6.07, 6.45) is 1.38. The maximum atomic E-state index is 12.5. The molecule has 7 nitrogen and oxygen atoms in total. The Labute approximate surface area is 181 Å². The Bertz CT molecular complexity index is 969. The van der Waals surface area contributed by atoms with Crippen molar-refractivity contribution in [3.05, 3.63) is 70.8 Å². The summed E-state index contributed by atoms with van der Waals surface area (Å²) in [5.41, 5.74) is 2.66. The van der Waals surface area contributed by atoms with Crippen LogP contribution in [-0.4, -0.2) is 34.6 Å². The minimum atomic E-state index is -0.241. The highest BCUT2D eigenvalue weighted by Gasteiger charge is 2.28. The molecule has 0 aliphatic carbocycles. The molecule has 4 amide bonds. The third kappa shape index (κ3) is 5.78. The summed E-state index contributed by atoms with van der Waals surface area (Å²) in [6, 6.07) is 14.1. The fourth-order valence-electron chi connectivity index (χ4n) is 3.26. The summed E-state index contributed by atoms with van der Waals surface area (Å²) in [7, 11) is 0. The molecule has 31 heavy (non-hydrogen) atoms. The van der Waals surface area contributed by atoms with E-state index in [-0.39, 0.29) is 49.1 Å². The van der Waals surface area contributed by atoms with Gasteiger partial charge in [0.15, 0.2) is 0 Å². The number of amides is 4. The molecule has 1 aliphatic rings. The molecule has 0 radical (unpaired) electrons. The zero-order valence-electron chi connectivity index (χ0n) is 17.8. The molecule has 2 N–H and O–H groups in total. The monoisotopic (exact) mass is 421 g/mol. The van der Waals surface area contributed by atoms with E-state index < -0.39 is 0 Å². The smallest absolute Gasteiger partial charge is 0.251 e. The second-order valence-electron chi connectivity index (χ2n) is 7.74. The third-order valence-corrected chi connectivity index (χ3v) is 5.34. The number of rotatable bonds is 8. The minimum absolute atomic E-state index is 0.0977. The van der Waals surface area contributed by atoms with Crippen LogP contribution in [0.25, 0.3) is 0 Å². The second-order valence-corrected chi connectivity index (χ2v) is 7.74. The number of likely N-dealkylation sites (tertiary alicyclic amines) is 1. The van der Waals surface area contributed by atoms with Crippen LogP contribution in [0.3, 0.4) is 0 Å². The molecule has 0 aromatic heterocycles. The first kappa shape index (κ1) is 22.2. The van der Waals surface area contributed by atoms with Gasteiger partial charge in [0.2, 0.25) is 11.8 Å². The summed E-state index contributed by atoms with van der Waals surface area (Å²) < 4.78 is 0. The average Bonchev–Trinajstić information content (AvgIpc) is 3.10. The molecule has 1 aliphatic heterocycles. The van der Waals surface area contributed by atoms with Crippen LogP contribution in [0.2, 0.25) is 0 Å². The lowest BCUT2D eigenvalue weighted by Crippen LogP contribution is -2.32. The number of hydrogen-bond donors (Lipinski definition) is 2. The average molecular weight is 421 g/mol. The zero-order chi connectivity index (χ0) is 22.4. The summed E-state index contributed by atoms with van der Waals surface area (Å²) in [6.45, 7) is 4.48. The van der Waals surface area contributed by atoms with Crippen LogP contribution in [0.5, 0.6) is 0 Å². The van der Waals surface area contributed by atoms with Crippen molar-refractivity contribution in [2.45, 2.75) is 52.2 Å². The highest BCUT2D eigenvalue weighted by molar-refractivity contribution is 6.01. The van der Waals surface area contributed by atoms with E-state index in [1.54, 1.807) is 42.5 Å². The molecule has 0 unspecified atom stereocenters. The maximum absolute atomic E-state index is 12.5. The number of carbonyl (C=O) groups excluding carboxylic acids is 4. The molecule has 0 bridgehead atoms. The first-order chi connectivity index (χ1) is 14.9. The van der Waals surface area contributed by atoms with Gasteiger partial charge in [-0.1, -0.05) is 31.2 Å². The van der Waals surface area contributed by atoms with Gasteiger partial charge in [-0.3, -0.25) is 24.1 Å². The lowest BCUT2D eigenvalue weighted by molar-refractivity contribution is -0.139. The van der Waals surface area contributed by atoms with Crippen LogP contribution in [0.15, 0.2) is 48.5 Å². The zero-order valence-corrected chi connectivity index (χ0v) is 17.8. The van der Waals surface area contributed by atoms with Crippen molar-refractivity contribution in [1.82, 2.24) is 15.5 Å². The summed E-state index contributed by atoms with van der Waals surface area (Å²) in [5, 5.41) is 5.78. The fraction of sp³-hybridized carbons (Fsp3) is 0.333. The number of nitrogens with zero attached hydrogens (tertiary/aromatic N) is 1. The number of carbonyl (C=O) groups is 4. The van der Waals surface area contributed by atoms with Crippen LogP contribution in [0, 0.1) is 0 Å². The van der Waals surface area contributed by atoms with Crippen molar-refractivity contribution in [3.8, 4) is 0 Å². The van der Waals surface area contributed by atoms with Gasteiger partial charge in [0.1, 0.15) is 0 Å². The SMILES string of the molecule is CC[C@H](C)NC(=O)c1cccc(CNC(=O)c2ccc(CN3C(=O)CCC3=O)cc2)c1. The van der Waals surface area contributed by atoms with E-state index in [2.05, 4.69) is 10.6 Å². The molecule has 162 valence electrons. The Kier molecular flexibility index (Phi) is 7.18. The Morgan fingerprint density at radius 1 is 0.935 bits per heavy atom. The third-order valence-electron chi connectivity index (χ3n) is 5.34. The fourth-order valence-corrected chi connectivity index (χ4v) is 3.26. The van der Waals surface area contributed by atoms with Gasteiger partial charge in [0.25, 0.3) is 11.8 Å². The molecule has 1 fully saturated rings. The minimum Gasteiger partial charge on any atom is -0.350 e. The van der Waals surface area contributed by atoms with Gasteiger partial charge in [-0.05, 0) is 48.7 Å². The number of nitrogens with one attached hydrogen (secondary N) is 2. The number of hydrogen-bond acceptors (Lipinski definition) is 4. The summed E-state index contributed by atoms with van der Waals surface area (Å²) in [5.74, 6) is -0.693. The summed E-state index contributed by atoms with van der Waals surface area (Å²) in [4.78, 5) is 49.5. The van der Waals surface area contributed by atoms with Gasteiger partial charge in [0.05, 0.1) is 6.54 Å². The van der Waals surface area contributed by atoms with E-state index in [0.29, 0.717) is 17.7 Å². The first-order valence-corrected chi connectivity index (χ1v) is 10.5. The van der Waals surface area contributed by atoms with Crippen molar-refractivity contribution in [1.29, 1.82) is 0 Å². The van der Waals surface area contributed by atoms with Crippen LogP contribution < -0.4 is 10.6 Å². The van der Waals surface area contributed by atoms with Crippen molar-refractivity contribution in [3.63, 3.8) is 0 Å². The van der Waals surface area contributed by atoms with Gasteiger partial charge in [0, 0.05) is 36.6 Å². The van der Waals surface area contributed by atoms with E-state index in [4.69, 9.17) is 0 Å². The van der Waals surface area contributed by atoms with Gasteiger partial charge < -0.3 is 10.6 Å². The first-order valence-electron chi connectivity index (χ1n) is 10.5. The largest absolute Gasteiger partial charge is 0.350 e. The molecular formula is C24H27N3O4. The quantitative estimate of drug-likeness (QED) is 0.641. The van der Waals surface area contributed by atoms with E-state index in [0.717, 1.165) is 17.5 Å². The van der Waals surface area contributed by atoms with E-state index in [1.165, 1.54) is 4.90 Å². The van der Waals surface area contributed by atoms with Crippen molar-refractivity contribution in [2.75, 3.05) is 0 Å². The van der Waals surface area contributed by atoms with Crippen LogP contribution in [-0.2, 0) is 22.7 Å². The van der Waals surface area contributed by atoms with Crippen LogP contribution in [0.1, 0.15) is 65.0 Å². The van der Waals surface area contributed by atoms with Crippen LogP contribution >= 0.6 is 0 Å². The Balaban J connectivity index is 1.56. The topological polar surface area (TPSA) is 95.6 Å². The molecule has 2 aromatic carbocycles. The standard InChI is InChI=1S/C24H27N3O4/c1-3-16(2)26-24(31)20-6-4-5-18(13-20)14-25-23(30)19-9-7-17(8-10-19)15-27-21(28)11-12-22(27)29/h4-10,13,16H,3,11-12,14-15H2,1-2H3,(H,25,30)(H,26,31)/t16-/m0/s1. The predicted molar refractivity (Wildman–Crippen MR) is 116 cm³/mol. The van der Waals surface area contributed by atoms with Gasteiger partial charge >= 0.3 is 0 Å². The predicted octanol–water partition coefficient (Wildman–Crippen LogP) is 2.79. The Morgan fingerprint density at radius 2 is 1.61 bits per heavy atom. The summed E-state index contributed by atoms with van der Waals surface area (Å²) >= 11 is 0.